The highest BCUT2D eigenvalue weighted by Crippen LogP contribution is 2.15. The van der Waals surface area contributed by atoms with Gasteiger partial charge in [0.15, 0.2) is 11.8 Å². The number of H-pyrrole nitrogens is 1. The molecule has 0 atom stereocenters. The van der Waals surface area contributed by atoms with E-state index < -0.39 is 0 Å². The number of rotatable bonds is 4. The zero-order chi connectivity index (χ0) is 18.3. The minimum absolute atomic E-state index is 0.448. The summed E-state index contributed by atoms with van der Waals surface area (Å²) in [5.41, 5.74) is 1.98. The third-order valence-electron chi connectivity index (χ3n) is 4.53. The molecule has 2 N–H and O–H groups in total. The van der Waals surface area contributed by atoms with Crippen molar-refractivity contribution in [1.82, 2.24) is 25.1 Å². The number of pyridine rings is 1. The number of likely N-dealkylation sites (tertiary alicyclic amines) is 1. The highest BCUT2D eigenvalue weighted by Gasteiger charge is 2.15. The number of hydrogen-bond donors (Lipinski definition) is 2. The van der Waals surface area contributed by atoms with E-state index >= 15 is 0 Å². The molecule has 0 spiro atoms. The summed E-state index contributed by atoms with van der Waals surface area (Å²) in [7, 11) is 0. The number of benzene rings is 1. The van der Waals surface area contributed by atoms with Crippen LogP contribution in [0.4, 0.5) is 5.69 Å². The number of aromatic amines is 1. The molecule has 1 aliphatic rings. The molecule has 0 saturated carbocycles. The number of nitrogens with one attached hydrogen (secondary N) is 2. The molecule has 0 radical (unpaired) electrons. The first-order chi connectivity index (χ1) is 13.4. The molecule has 1 aliphatic heterocycles. The van der Waals surface area contributed by atoms with Gasteiger partial charge in [0.25, 0.3) is 0 Å². The summed E-state index contributed by atoms with van der Waals surface area (Å²) in [4.78, 5) is 15.7. The average Bonchev–Trinajstić information content (AvgIpc) is 3.22. The summed E-state index contributed by atoms with van der Waals surface area (Å²) in [6, 6.07) is 13.9. The van der Waals surface area contributed by atoms with E-state index in [1.807, 2.05) is 30.3 Å². The van der Waals surface area contributed by atoms with E-state index in [-0.39, 0.29) is 0 Å². The van der Waals surface area contributed by atoms with Gasteiger partial charge in [-0.2, -0.15) is 5.10 Å². The van der Waals surface area contributed by atoms with Gasteiger partial charge in [-0.05, 0) is 43.5 Å². The summed E-state index contributed by atoms with van der Waals surface area (Å²) in [6.45, 7) is 2.50. The summed E-state index contributed by atoms with van der Waals surface area (Å²) in [6.07, 6.45) is 7.16. The fourth-order valence-corrected chi connectivity index (χ4v) is 3.12. The van der Waals surface area contributed by atoms with Gasteiger partial charge in [-0.25, -0.2) is 9.98 Å². The van der Waals surface area contributed by atoms with E-state index in [2.05, 4.69) is 42.5 Å². The lowest BCUT2D eigenvalue weighted by atomic mass is 10.1. The highest BCUT2D eigenvalue weighted by atomic mass is 15.3. The first-order valence-electron chi connectivity index (χ1n) is 9.31. The number of piperidine rings is 1. The lowest BCUT2D eigenvalue weighted by Crippen LogP contribution is -2.40. The van der Waals surface area contributed by atoms with E-state index in [4.69, 9.17) is 4.99 Å². The van der Waals surface area contributed by atoms with Crippen LogP contribution < -0.4 is 5.32 Å². The van der Waals surface area contributed by atoms with E-state index in [1.165, 1.54) is 19.3 Å². The molecule has 7 nitrogen and oxygen atoms in total. The quantitative estimate of drug-likeness (QED) is 0.550. The van der Waals surface area contributed by atoms with Gasteiger partial charge in [0.1, 0.15) is 12.4 Å². The van der Waals surface area contributed by atoms with Crippen LogP contribution in [0.5, 0.6) is 0 Å². The Morgan fingerprint density at radius 3 is 2.59 bits per heavy atom. The molecular formula is C20H23N7. The Bertz CT molecular complexity index is 868. The maximum Gasteiger partial charge on any atom is 0.198 e. The van der Waals surface area contributed by atoms with Crippen LogP contribution in [-0.2, 0) is 6.54 Å². The van der Waals surface area contributed by atoms with Crippen molar-refractivity contribution in [3.63, 3.8) is 0 Å². The number of guanidine groups is 1. The van der Waals surface area contributed by atoms with Gasteiger partial charge in [0.05, 0.1) is 0 Å². The van der Waals surface area contributed by atoms with Crippen molar-refractivity contribution in [2.75, 3.05) is 18.4 Å². The molecule has 3 aromatic rings. The second-order valence-corrected chi connectivity index (χ2v) is 6.52. The average molecular weight is 361 g/mol. The molecule has 0 aliphatic carbocycles. The first kappa shape index (κ1) is 17.2. The zero-order valence-corrected chi connectivity index (χ0v) is 15.2. The molecule has 1 aromatic carbocycles. The van der Waals surface area contributed by atoms with Gasteiger partial charge in [-0.1, -0.05) is 18.2 Å². The van der Waals surface area contributed by atoms with Crippen LogP contribution >= 0.6 is 0 Å². The number of aromatic nitrogens is 4. The fourth-order valence-electron chi connectivity index (χ4n) is 3.12. The van der Waals surface area contributed by atoms with Crippen LogP contribution in [0.25, 0.3) is 11.4 Å². The van der Waals surface area contributed by atoms with Crippen LogP contribution in [0, 0.1) is 0 Å². The number of anilines is 1. The Balaban J connectivity index is 1.51. The Labute approximate surface area is 158 Å². The molecule has 27 heavy (non-hydrogen) atoms. The second-order valence-electron chi connectivity index (χ2n) is 6.52. The molecular weight excluding hydrogens is 338 g/mol. The molecule has 0 amide bonds. The van der Waals surface area contributed by atoms with Crippen molar-refractivity contribution >= 4 is 11.6 Å². The molecule has 7 heteroatoms. The van der Waals surface area contributed by atoms with Crippen molar-refractivity contribution < 1.29 is 0 Å². The zero-order valence-electron chi connectivity index (χ0n) is 15.2. The molecule has 1 fully saturated rings. The molecule has 0 bridgehead atoms. The summed E-state index contributed by atoms with van der Waals surface area (Å²) in [5, 5.41) is 10.7. The Hall–Kier alpha value is -3.22. The lowest BCUT2D eigenvalue weighted by Gasteiger charge is -2.30. The van der Waals surface area contributed by atoms with Crippen molar-refractivity contribution in [2.24, 2.45) is 4.99 Å². The predicted molar refractivity (Wildman–Crippen MR) is 106 cm³/mol. The van der Waals surface area contributed by atoms with E-state index in [0.717, 1.165) is 36.1 Å². The maximum absolute atomic E-state index is 4.81. The summed E-state index contributed by atoms with van der Waals surface area (Å²) < 4.78 is 0. The molecule has 138 valence electrons. The number of hydrogen-bond acceptors (Lipinski definition) is 4. The maximum atomic E-state index is 4.81. The van der Waals surface area contributed by atoms with Gasteiger partial charge in [0, 0.05) is 36.7 Å². The molecule has 3 heterocycles. The summed E-state index contributed by atoms with van der Waals surface area (Å²) >= 11 is 0. The monoisotopic (exact) mass is 361 g/mol. The fraction of sp³-hybridized carbons (Fsp3) is 0.300. The summed E-state index contributed by atoms with van der Waals surface area (Å²) in [5.74, 6) is 2.30. The van der Waals surface area contributed by atoms with Crippen LogP contribution in [-0.4, -0.2) is 44.1 Å². The van der Waals surface area contributed by atoms with Crippen LogP contribution in [0.1, 0.15) is 25.1 Å². The largest absolute Gasteiger partial charge is 0.343 e. The molecule has 1 saturated heterocycles. The van der Waals surface area contributed by atoms with E-state index in [1.54, 1.807) is 12.4 Å². The normalized spacial score (nSPS) is 15.0. The minimum atomic E-state index is 0.448. The molecule has 4 rings (SSSR count). The van der Waals surface area contributed by atoms with E-state index in [9.17, 15) is 0 Å². The van der Waals surface area contributed by atoms with Gasteiger partial charge in [0.2, 0.25) is 0 Å². The van der Waals surface area contributed by atoms with Gasteiger partial charge in [-0.15, -0.1) is 0 Å². The van der Waals surface area contributed by atoms with Crippen molar-refractivity contribution in [1.29, 1.82) is 0 Å². The Morgan fingerprint density at radius 2 is 1.81 bits per heavy atom. The van der Waals surface area contributed by atoms with Crippen LogP contribution in [0.2, 0.25) is 0 Å². The molecule has 0 unspecified atom stereocenters. The lowest BCUT2D eigenvalue weighted by molar-refractivity contribution is 0.340. The van der Waals surface area contributed by atoms with E-state index in [0.29, 0.717) is 12.4 Å². The number of aliphatic imine (C=N–C) groups is 1. The first-order valence-corrected chi connectivity index (χ1v) is 9.31. The van der Waals surface area contributed by atoms with Gasteiger partial charge < -0.3 is 10.2 Å². The Kier molecular flexibility index (Phi) is 5.38. The molecule has 2 aromatic heterocycles. The van der Waals surface area contributed by atoms with Gasteiger partial charge in [-0.3, -0.25) is 10.1 Å². The second kappa shape index (κ2) is 8.44. The number of para-hydroxylation sites is 1. The third-order valence-corrected chi connectivity index (χ3v) is 4.53. The van der Waals surface area contributed by atoms with Crippen LogP contribution in [0.3, 0.4) is 0 Å². The smallest absolute Gasteiger partial charge is 0.198 e. The van der Waals surface area contributed by atoms with Gasteiger partial charge >= 0.3 is 0 Å². The van der Waals surface area contributed by atoms with Crippen LogP contribution in [0.15, 0.2) is 59.9 Å². The topological polar surface area (TPSA) is 82.1 Å². The number of nitrogens with zero attached hydrogens (tertiary/aromatic N) is 5. The minimum Gasteiger partial charge on any atom is -0.343 e. The van der Waals surface area contributed by atoms with Crippen molar-refractivity contribution in [3.05, 3.63) is 60.7 Å². The van der Waals surface area contributed by atoms with Crippen molar-refractivity contribution in [2.45, 2.75) is 25.8 Å². The standard InChI is InChI=1S/C20H23N7/c1-3-7-17(8-4-1)23-20(27-13-5-2-6-14-27)22-15-18-24-19(26-25-18)16-9-11-21-12-10-16/h1,3-4,7-12H,2,5-6,13-15H2,(H,22,23)(H,24,25,26). The Morgan fingerprint density at radius 1 is 1.04 bits per heavy atom. The predicted octanol–water partition coefficient (Wildman–Crippen LogP) is 3.32. The van der Waals surface area contributed by atoms with Crippen molar-refractivity contribution in [3.8, 4) is 11.4 Å². The highest BCUT2D eigenvalue weighted by molar-refractivity contribution is 5.93. The third kappa shape index (κ3) is 4.49. The SMILES string of the molecule is c1ccc(NC(=NCc2nc(-c3ccncc3)n[nH]2)N2CCCCC2)cc1.